The maximum absolute atomic E-state index is 13.7. The standard InChI is InChI=1S/C28H31N3O3/c1-19-17-30(18-29-19)23-12-11-20(15-26(23)33-4)14-21-8-7-13-31(27(21)32)24-16-28(2,3)34-25-10-6-5-9-22(24)25/h5-6,9-12,14-15,17-18,24H,7-8,13,16H2,1-4H3/b21-14+/t24-/m0/s1. The van der Waals surface area contributed by atoms with Crippen LogP contribution in [0.1, 0.15) is 56.0 Å². The molecule has 0 radical (unpaired) electrons. The summed E-state index contributed by atoms with van der Waals surface area (Å²) in [6.07, 6.45) is 8.24. The summed E-state index contributed by atoms with van der Waals surface area (Å²) in [5, 5.41) is 0. The molecule has 0 aliphatic carbocycles. The number of aryl methyl sites for hydroxylation is 1. The lowest BCUT2D eigenvalue weighted by Crippen LogP contribution is -2.46. The van der Waals surface area contributed by atoms with Crippen molar-refractivity contribution < 1.29 is 14.3 Å². The van der Waals surface area contributed by atoms with E-state index >= 15 is 0 Å². The lowest BCUT2D eigenvalue weighted by Gasteiger charge is -2.44. The minimum atomic E-state index is -0.324. The van der Waals surface area contributed by atoms with Gasteiger partial charge in [0.2, 0.25) is 5.91 Å². The van der Waals surface area contributed by atoms with Crippen molar-refractivity contribution in [1.29, 1.82) is 0 Å². The van der Waals surface area contributed by atoms with Gasteiger partial charge >= 0.3 is 0 Å². The Hall–Kier alpha value is -3.54. The summed E-state index contributed by atoms with van der Waals surface area (Å²) in [5.41, 5.74) is 4.42. The van der Waals surface area contributed by atoms with E-state index in [0.717, 1.165) is 65.4 Å². The number of imidazole rings is 1. The summed E-state index contributed by atoms with van der Waals surface area (Å²) in [6, 6.07) is 14.1. The van der Waals surface area contributed by atoms with Crippen LogP contribution in [-0.4, -0.2) is 39.6 Å². The lowest BCUT2D eigenvalue weighted by molar-refractivity contribution is -0.132. The summed E-state index contributed by atoms with van der Waals surface area (Å²) in [5.74, 6) is 1.73. The van der Waals surface area contributed by atoms with Gasteiger partial charge in [0.1, 0.15) is 17.1 Å². The van der Waals surface area contributed by atoms with Crippen LogP contribution in [0.3, 0.4) is 0 Å². The maximum Gasteiger partial charge on any atom is 0.250 e. The Bertz CT molecular complexity index is 1260. The average Bonchev–Trinajstić information content (AvgIpc) is 3.25. The first-order valence-electron chi connectivity index (χ1n) is 11.8. The second kappa shape index (κ2) is 8.67. The van der Waals surface area contributed by atoms with Gasteiger partial charge in [-0.15, -0.1) is 0 Å². The van der Waals surface area contributed by atoms with Crippen molar-refractivity contribution >= 4 is 12.0 Å². The van der Waals surface area contributed by atoms with E-state index in [0.29, 0.717) is 0 Å². The predicted octanol–water partition coefficient (Wildman–Crippen LogP) is 5.50. The number of carbonyl (C=O) groups excluding carboxylic acids is 1. The van der Waals surface area contributed by atoms with Gasteiger partial charge in [0, 0.05) is 30.3 Å². The molecule has 34 heavy (non-hydrogen) atoms. The van der Waals surface area contributed by atoms with Crippen LogP contribution in [0.4, 0.5) is 0 Å². The number of benzene rings is 2. The quantitative estimate of drug-likeness (QED) is 0.486. The molecule has 0 bridgehead atoms. The van der Waals surface area contributed by atoms with Gasteiger partial charge in [0.05, 0.1) is 30.9 Å². The fourth-order valence-corrected chi connectivity index (χ4v) is 5.06. The molecule has 1 amide bonds. The number of para-hydroxylation sites is 1. The van der Waals surface area contributed by atoms with Crippen molar-refractivity contribution in [2.45, 2.75) is 51.7 Å². The zero-order chi connectivity index (χ0) is 23.9. The van der Waals surface area contributed by atoms with Crippen molar-refractivity contribution in [3.05, 3.63) is 77.4 Å². The molecule has 176 valence electrons. The number of fused-ring (bicyclic) bond motifs is 1. The SMILES string of the molecule is COc1cc(/C=C2\CCCN([C@H]3CC(C)(C)Oc4ccccc43)C2=O)ccc1-n1cnc(C)c1. The van der Waals surface area contributed by atoms with E-state index in [1.165, 1.54) is 0 Å². The van der Waals surface area contributed by atoms with Gasteiger partial charge < -0.3 is 18.9 Å². The van der Waals surface area contributed by atoms with Gasteiger partial charge in [0.25, 0.3) is 0 Å². The number of rotatable bonds is 4. The number of carbonyl (C=O) groups is 1. The summed E-state index contributed by atoms with van der Waals surface area (Å²) < 4.78 is 13.8. The van der Waals surface area contributed by atoms with E-state index in [1.54, 1.807) is 13.4 Å². The van der Waals surface area contributed by atoms with Gasteiger partial charge in [0.15, 0.2) is 0 Å². The Morgan fingerprint density at radius 2 is 2.03 bits per heavy atom. The van der Waals surface area contributed by atoms with Crippen LogP contribution < -0.4 is 9.47 Å². The molecule has 1 saturated heterocycles. The number of amides is 1. The topological polar surface area (TPSA) is 56.6 Å². The monoisotopic (exact) mass is 457 g/mol. The number of ether oxygens (including phenoxy) is 2. The molecule has 2 aliphatic heterocycles. The van der Waals surface area contributed by atoms with Gasteiger partial charge in [-0.1, -0.05) is 24.3 Å². The van der Waals surface area contributed by atoms with Crippen LogP contribution in [-0.2, 0) is 4.79 Å². The van der Waals surface area contributed by atoms with Crippen LogP contribution in [0.15, 0.2) is 60.6 Å². The molecule has 0 unspecified atom stereocenters. The molecule has 1 atom stereocenters. The van der Waals surface area contributed by atoms with E-state index in [1.807, 2.05) is 65.1 Å². The number of methoxy groups -OCH3 is 1. The molecule has 0 saturated carbocycles. The molecule has 3 heterocycles. The molecule has 2 aliphatic rings. The normalized spacial score (nSPS) is 20.7. The molecule has 5 rings (SSSR count). The van der Waals surface area contributed by atoms with E-state index in [4.69, 9.17) is 9.47 Å². The third kappa shape index (κ3) is 4.20. The van der Waals surface area contributed by atoms with Crippen LogP contribution in [0, 0.1) is 6.92 Å². The highest BCUT2D eigenvalue weighted by Gasteiger charge is 2.39. The van der Waals surface area contributed by atoms with Crippen LogP contribution in [0.25, 0.3) is 11.8 Å². The van der Waals surface area contributed by atoms with Crippen molar-refractivity contribution in [2.75, 3.05) is 13.7 Å². The van der Waals surface area contributed by atoms with Crippen molar-refractivity contribution in [2.24, 2.45) is 0 Å². The number of aromatic nitrogens is 2. The highest BCUT2D eigenvalue weighted by atomic mass is 16.5. The number of hydrogen-bond acceptors (Lipinski definition) is 4. The van der Waals surface area contributed by atoms with Crippen molar-refractivity contribution in [3.8, 4) is 17.2 Å². The number of nitrogens with zero attached hydrogens (tertiary/aromatic N) is 3. The fourth-order valence-electron chi connectivity index (χ4n) is 5.06. The third-order valence-electron chi connectivity index (χ3n) is 6.64. The Balaban J connectivity index is 1.45. The molecule has 3 aromatic rings. The van der Waals surface area contributed by atoms with Crippen molar-refractivity contribution in [1.82, 2.24) is 14.5 Å². The largest absolute Gasteiger partial charge is 0.495 e. The Labute approximate surface area is 200 Å². The van der Waals surface area contributed by atoms with Gasteiger partial charge in [-0.3, -0.25) is 4.79 Å². The van der Waals surface area contributed by atoms with Gasteiger partial charge in [-0.25, -0.2) is 4.98 Å². The molecule has 1 aromatic heterocycles. The molecule has 6 heteroatoms. The minimum Gasteiger partial charge on any atom is -0.495 e. The number of piperidine rings is 1. The van der Waals surface area contributed by atoms with E-state index < -0.39 is 0 Å². The van der Waals surface area contributed by atoms with Crippen molar-refractivity contribution in [3.63, 3.8) is 0 Å². The van der Waals surface area contributed by atoms with E-state index in [9.17, 15) is 4.79 Å². The summed E-state index contributed by atoms with van der Waals surface area (Å²) in [7, 11) is 1.66. The van der Waals surface area contributed by atoms with Crippen LogP contribution >= 0.6 is 0 Å². The first-order valence-corrected chi connectivity index (χ1v) is 11.8. The van der Waals surface area contributed by atoms with Crippen LogP contribution in [0.5, 0.6) is 11.5 Å². The first-order chi connectivity index (χ1) is 16.3. The number of likely N-dealkylation sites (tertiary alicyclic amines) is 1. The zero-order valence-corrected chi connectivity index (χ0v) is 20.2. The summed E-state index contributed by atoms with van der Waals surface area (Å²) in [4.78, 5) is 20.0. The number of hydrogen-bond donors (Lipinski definition) is 0. The fraction of sp³-hybridized carbons (Fsp3) is 0.357. The van der Waals surface area contributed by atoms with Crippen LogP contribution in [0.2, 0.25) is 0 Å². The molecular weight excluding hydrogens is 426 g/mol. The lowest BCUT2D eigenvalue weighted by atomic mass is 9.87. The van der Waals surface area contributed by atoms with Gasteiger partial charge in [-0.05, 0) is 63.5 Å². The second-order valence-electron chi connectivity index (χ2n) is 9.74. The Kier molecular flexibility index (Phi) is 5.68. The predicted molar refractivity (Wildman–Crippen MR) is 132 cm³/mol. The van der Waals surface area contributed by atoms with E-state index in [-0.39, 0.29) is 17.6 Å². The first kappa shape index (κ1) is 22.3. The minimum absolute atomic E-state index is 0.0116. The highest BCUT2D eigenvalue weighted by Crippen LogP contribution is 2.44. The highest BCUT2D eigenvalue weighted by molar-refractivity contribution is 5.99. The average molecular weight is 458 g/mol. The summed E-state index contributed by atoms with van der Waals surface area (Å²) >= 11 is 0. The van der Waals surface area contributed by atoms with Gasteiger partial charge in [-0.2, -0.15) is 0 Å². The third-order valence-corrected chi connectivity index (χ3v) is 6.64. The zero-order valence-electron chi connectivity index (χ0n) is 20.2. The summed E-state index contributed by atoms with van der Waals surface area (Å²) in [6.45, 7) is 6.90. The van der Waals surface area contributed by atoms with E-state index in [2.05, 4.69) is 24.9 Å². The smallest absolute Gasteiger partial charge is 0.250 e. The molecule has 2 aromatic carbocycles. The molecule has 6 nitrogen and oxygen atoms in total. The molecular formula is C28H31N3O3. The second-order valence-corrected chi connectivity index (χ2v) is 9.74. The molecule has 0 spiro atoms. The maximum atomic E-state index is 13.7. The Morgan fingerprint density at radius 3 is 2.79 bits per heavy atom. The molecule has 0 N–H and O–H groups in total. The Morgan fingerprint density at radius 1 is 1.21 bits per heavy atom. The molecule has 1 fully saturated rings.